The zero-order valence-electron chi connectivity index (χ0n) is 9.71. The highest BCUT2D eigenvalue weighted by atomic mass is 19.4. The average Bonchev–Trinajstić information content (AvgIpc) is 2.35. The zero-order valence-corrected chi connectivity index (χ0v) is 9.71. The van der Waals surface area contributed by atoms with E-state index in [4.69, 9.17) is 10.2 Å². The van der Waals surface area contributed by atoms with Gasteiger partial charge in [0, 0.05) is 0 Å². The molecule has 0 aliphatic heterocycles. The second kappa shape index (κ2) is 5.57. The van der Waals surface area contributed by atoms with Crippen LogP contribution in [0.5, 0.6) is 0 Å². The fourth-order valence-corrected chi connectivity index (χ4v) is 1.19. The van der Waals surface area contributed by atoms with Gasteiger partial charge in [0.25, 0.3) is 5.92 Å². The lowest BCUT2D eigenvalue weighted by atomic mass is 10.2. The van der Waals surface area contributed by atoms with Crippen molar-refractivity contribution in [2.75, 3.05) is 18.5 Å². The molecule has 0 saturated carbocycles. The van der Waals surface area contributed by atoms with E-state index in [-0.39, 0.29) is 0 Å². The number of pyridine rings is 1. The molecule has 0 aliphatic carbocycles. The topological polar surface area (TPSA) is 82.5 Å². The van der Waals surface area contributed by atoms with Crippen LogP contribution in [0.2, 0.25) is 0 Å². The number of halogens is 5. The summed E-state index contributed by atoms with van der Waals surface area (Å²) in [5, 5.41) is 18.9. The number of carboxylic acids is 1. The van der Waals surface area contributed by atoms with E-state index in [1.54, 1.807) is 5.32 Å². The van der Waals surface area contributed by atoms with Crippen molar-refractivity contribution in [2.45, 2.75) is 12.1 Å². The Morgan fingerprint density at radius 2 is 1.85 bits per heavy atom. The molecular formula is C10H9F5N2O3. The van der Waals surface area contributed by atoms with Crippen molar-refractivity contribution < 1.29 is 37.0 Å². The predicted molar refractivity (Wildman–Crippen MR) is 56.7 cm³/mol. The van der Waals surface area contributed by atoms with E-state index in [9.17, 15) is 26.7 Å². The van der Waals surface area contributed by atoms with E-state index < -0.39 is 48.3 Å². The monoisotopic (exact) mass is 300 g/mol. The molecule has 20 heavy (non-hydrogen) atoms. The summed E-state index contributed by atoms with van der Waals surface area (Å²) < 4.78 is 62.8. The van der Waals surface area contributed by atoms with E-state index >= 15 is 0 Å². The maximum Gasteiger partial charge on any atom is 0.433 e. The summed E-state index contributed by atoms with van der Waals surface area (Å²) in [7, 11) is 0. The van der Waals surface area contributed by atoms with Crippen molar-refractivity contribution in [1.29, 1.82) is 0 Å². The molecule has 0 bridgehead atoms. The number of hydrogen-bond donors (Lipinski definition) is 3. The lowest BCUT2D eigenvalue weighted by molar-refractivity contribution is -0.141. The first kappa shape index (κ1) is 16.1. The van der Waals surface area contributed by atoms with Crippen molar-refractivity contribution in [3.05, 3.63) is 23.4 Å². The van der Waals surface area contributed by atoms with Crippen molar-refractivity contribution in [3.63, 3.8) is 0 Å². The average molecular weight is 300 g/mol. The minimum Gasteiger partial charge on any atom is -0.478 e. The van der Waals surface area contributed by atoms with Crippen LogP contribution >= 0.6 is 0 Å². The number of rotatable bonds is 5. The second-order valence-electron chi connectivity index (χ2n) is 3.76. The highest BCUT2D eigenvalue weighted by Gasteiger charge is 2.34. The Balaban J connectivity index is 3.10. The van der Waals surface area contributed by atoms with Crippen molar-refractivity contribution in [3.8, 4) is 0 Å². The first-order chi connectivity index (χ1) is 9.07. The fraction of sp³-hybridized carbons (Fsp3) is 0.400. The van der Waals surface area contributed by atoms with Gasteiger partial charge in [-0.3, -0.25) is 0 Å². The third kappa shape index (κ3) is 4.02. The van der Waals surface area contributed by atoms with E-state index in [1.807, 2.05) is 0 Å². The number of aliphatic hydroxyl groups excluding tert-OH is 1. The standard InChI is InChI=1S/C10H9F5N2O3/c11-9(12,4-18)3-16-7-5(8(19)20)1-2-6(17-7)10(13,14)15/h1-2,18H,3-4H2,(H,16,17)(H,19,20). The van der Waals surface area contributed by atoms with Crippen LogP contribution in [0.4, 0.5) is 27.8 Å². The number of nitrogens with zero attached hydrogens (tertiary/aromatic N) is 1. The number of aromatic nitrogens is 1. The van der Waals surface area contributed by atoms with Crippen LogP contribution in [0, 0.1) is 0 Å². The van der Waals surface area contributed by atoms with Gasteiger partial charge in [-0.05, 0) is 12.1 Å². The van der Waals surface area contributed by atoms with Crippen LogP contribution in [0.15, 0.2) is 12.1 Å². The van der Waals surface area contributed by atoms with Gasteiger partial charge in [-0.25, -0.2) is 18.6 Å². The molecule has 0 amide bonds. The molecule has 0 fully saturated rings. The van der Waals surface area contributed by atoms with Crippen LogP contribution in [0.25, 0.3) is 0 Å². The van der Waals surface area contributed by atoms with Gasteiger partial charge in [0.05, 0.1) is 6.54 Å². The summed E-state index contributed by atoms with van der Waals surface area (Å²) in [4.78, 5) is 13.7. The summed E-state index contributed by atoms with van der Waals surface area (Å²) in [5.74, 6) is -6.09. The minimum absolute atomic E-state index is 0.429. The smallest absolute Gasteiger partial charge is 0.433 e. The molecule has 3 N–H and O–H groups in total. The van der Waals surface area contributed by atoms with Crippen LogP contribution in [-0.2, 0) is 6.18 Å². The number of nitrogens with one attached hydrogen (secondary N) is 1. The summed E-state index contributed by atoms with van der Waals surface area (Å²) in [6.45, 7) is -2.79. The SMILES string of the molecule is O=C(O)c1ccc(C(F)(F)F)nc1NCC(F)(F)CO. The minimum atomic E-state index is -4.84. The van der Waals surface area contributed by atoms with Crippen molar-refractivity contribution >= 4 is 11.8 Å². The molecule has 1 aromatic heterocycles. The molecule has 1 aromatic rings. The summed E-state index contributed by atoms with van der Waals surface area (Å²) >= 11 is 0. The lowest BCUT2D eigenvalue weighted by Crippen LogP contribution is -2.32. The Kier molecular flexibility index (Phi) is 4.48. The number of carboxylic acid groups (broad SMARTS) is 1. The fourth-order valence-electron chi connectivity index (χ4n) is 1.19. The number of hydrogen-bond acceptors (Lipinski definition) is 4. The Labute approximate surface area is 109 Å². The van der Waals surface area contributed by atoms with Crippen LogP contribution in [0.1, 0.15) is 16.1 Å². The molecule has 0 atom stereocenters. The maximum atomic E-state index is 12.8. The van der Waals surface area contributed by atoms with Gasteiger partial charge in [-0.1, -0.05) is 0 Å². The van der Waals surface area contributed by atoms with Gasteiger partial charge in [0.15, 0.2) is 0 Å². The third-order valence-electron chi connectivity index (χ3n) is 2.16. The molecule has 1 heterocycles. The van der Waals surface area contributed by atoms with Crippen LogP contribution in [0.3, 0.4) is 0 Å². The van der Waals surface area contributed by atoms with Gasteiger partial charge < -0.3 is 15.5 Å². The second-order valence-corrected chi connectivity index (χ2v) is 3.76. The number of carbonyl (C=O) groups is 1. The van der Waals surface area contributed by atoms with Gasteiger partial charge >= 0.3 is 12.1 Å². The Hall–Kier alpha value is -1.97. The lowest BCUT2D eigenvalue weighted by Gasteiger charge is -2.16. The molecule has 112 valence electrons. The molecule has 0 saturated heterocycles. The largest absolute Gasteiger partial charge is 0.478 e. The number of anilines is 1. The molecule has 0 spiro atoms. The molecule has 0 radical (unpaired) electrons. The molecular weight excluding hydrogens is 291 g/mol. The van der Waals surface area contributed by atoms with Crippen LogP contribution < -0.4 is 5.32 Å². The van der Waals surface area contributed by atoms with Crippen molar-refractivity contribution in [2.24, 2.45) is 0 Å². The van der Waals surface area contributed by atoms with E-state index in [2.05, 4.69) is 4.98 Å². The molecule has 0 aromatic carbocycles. The van der Waals surface area contributed by atoms with Gasteiger partial charge in [0.2, 0.25) is 0 Å². The molecule has 10 heteroatoms. The molecule has 0 unspecified atom stereocenters. The molecule has 0 aliphatic rings. The Bertz CT molecular complexity index is 504. The van der Waals surface area contributed by atoms with Gasteiger partial charge in [0.1, 0.15) is 23.7 Å². The summed E-state index contributed by atoms with van der Waals surface area (Å²) in [5.41, 5.74) is -2.11. The zero-order chi connectivity index (χ0) is 15.6. The number of alkyl halides is 5. The van der Waals surface area contributed by atoms with Crippen LogP contribution in [-0.4, -0.2) is 40.2 Å². The maximum absolute atomic E-state index is 12.8. The van der Waals surface area contributed by atoms with Gasteiger partial charge in [-0.15, -0.1) is 0 Å². The van der Waals surface area contributed by atoms with Crippen molar-refractivity contribution in [1.82, 2.24) is 4.98 Å². The number of aliphatic hydroxyl groups is 1. The number of aromatic carboxylic acids is 1. The quantitative estimate of drug-likeness (QED) is 0.723. The van der Waals surface area contributed by atoms with E-state index in [0.29, 0.717) is 12.1 Å². The third-order valence-corrected chi connectivity index (χ3v) is 2.16. The predicted octanol–water partition coefficient (Wildman–Crippen LogP) is 1.84. The van der Waals surface area contributed by atoms with E-state index in [1.165, 1.54) is 0 Å². The highest BCUT2D eigenvalue weighted by Crippen LogP contribution is 2.29. The first-order valence-corrected chi connectivity index (χ1v) is 5.11. The normalized spacial score (nSPS) is 12.3. The Morgan fingerprint density at radius 1 is 1.25 bits per heavy atom. The van der Waals surface area contributed by atoms with E-state index in [0.717, 1.165) is 0 Å². The first-order valence-electron chi connectivity index (χ1n) is 5.11. The summed E-state index contributed by atoms with van der Waals surface area (Å²) in [6, 6.07) is 1.04. The Morgan fingerprint density at radius 3 is 2.30 bits per heavy atom. The molecule has 1 rings (SSSR count). The van der Waals surface area contributed by atoms with Gasteiger partial charge in [-0.2, -0.15) is 13.2 Å². The summed E-state index contributed by atoms with van der Waals surface area (Å²) in [6.07, 6.45) is -4.84. The molecule has 5 nitrogen and oxygen atoms in total. The highest BCUT2D eigenvalue weighted by molar-refractivity contribution is 5.93.